The van der Waals surface area contributed by atoms with Gasteiger partial charge in [0.15, 0.2) is 23.0 Å². The van der Waals surface area contributed by atoms with Crippen LogP contribution in [0.25, 0.3) is 11.2 Å². The molecule has 0 aliphatic heterocycles. The first-order valence-electron chi connectivity index (χ1n) is 10.2. The highest BCUT2D eigenvalue weighted by Crippen LogP contribution is 2.35. The summed E-state index contributed by atoms with van der Waals surface area (Å²) in [5, 5.41) is -0.716. The lowest BCUT2D eigenvalue weighted by atomic mass is 10.1. The quantitative estimate of drug-likeness (QED) is 0.265. The van der Waals surface area contributed by atoms with E-state index in [0.717, 1.165) is 13.8 Å². The lowest BCUT2D eigenvalue weighted by molar-refractivity contribution is -0.190. The molecule has 2 aromatic rings. The Balaban J connectivity index is 2.65. The van der Waals surface area contributed by atoms with E-state index >= 15 is 0 Å². The molecule has 0 saturated carbocycles. The molecule has 2 rings (SSSR count). The van der Waals surface area contributed by atoms with Crippen molar-refractivity contribution in [2.75, 3.05) is 12.4 Å². The number of aromatic nitrogens is 4. The van der Waals surface area contributed by atoms with Crippen molar-refractivity contribution in [1.29, 1.82) is 0 Å². The number of rotatable bonds is 11. The molecule has 0 amide bonds. The third-order valence-electron chi connectivity index (χ3n) is 4.33. The van der Waals surface area contributed by atoms with Gasteiger partial charge in [0.1, 0.15) is 23.1 Å². The molecule has 0 saturated heterocycles. The van der Waals surface area contributed by atoms with Crippen LogP contribution in [-0.4, -0.2) is 74.1 Å². The third kappa shape index (κ3) is 7.25. The summed E-state index contributed by atoms with van der Waals surface area (Å²) < 4.78 is 23.4. The molecule has 0 aliphatic carbocycles. The van der Waals surface area contributed by atoms with Gasteiger partial charge in [-0.05, 0) is 5.75 Å². The summed E-state index contributed by atoms with van der Waals surface area (Å²) in [7, 11) is 0. The first-order valence-corrected chi connectivity index (χ1v) is 11.7. The Morgan fingerprint density at radius 2 is 1.62 bits per heavy atom. The average molecular weight is 515 g/mol. The van der Waals surface area contributed by atoms with Gasteiger partial charge in [0.25, 0.3) is 0 Å². The summed E-state index contributed by atoms with van der Waals surface area (Å²) in [5.41, 5.74) is 0.912. The van der Waals surface area contributed by atoms with Crippen LogP contribution in [0.15, 0.2) is 12.7 Å². The van der Waals surface area contributed by atoms with Crippen LogP contribution in [0.4, 0.5) is 0 Å². The van der Waals surface area contributed by atoms with E-state index in [9.17, 15) is 19.2 Å². The second-order valence-corrected chi connectivity index (χ2v) is 8.78. The maximum Gasteiger partial charge on any atom is 0.303 e. The SMILES string of the molecule is CCS[C@@H]([C@@H](OC(C)=O)[C@H](OC(C)=O)[C@@H](COC(C)=O)OC(C)=O)n1cnc2c(=S)nc[nH]c21. The highest BCUT2D eigenvalue weighted by molar-refractivity contribution is 7.99. The van der Waals surface area contributed by atoms with Crippen LogP contribution in [0.2, 0.25) is 0 Å². The van der Waals surface area contributed by atoms with Crippen LogP contribution < -0.4 is 0 Å². The van der Waals surface area contributed by atoms with Gasteiger partial charge in [0.2, 0.25) is 0 Å². The van der Waals surface area contributed by atoms with Crippen molar-refractivity contribution in [2.45, 2.75) is 58.3 Å². The summed E-state index contributed by atoms with van der Waals surface area (Å²) in [6.07, 6.45) is -0.872. The first-order chi connectivity index (χ1) is 16.0. The zero-order valence-corrected chi connectivity index (χ0v) is 20.9. The van der Waals surface area contributed by atoms with E-state index in [1.54, 1.807) is 4.57 Å². The number of imidazole rings is 1. The smallest absolute Gasteiger partial charge is 0.303 e. The Labute approximate surface area is 204 Å². The van der Waals surface area contributed by atoms with E-state index in [0.29, 0.717) is 16.9 Å². The molecule has 0 aliphatic rings. The number of aromatic amines is 1. The van der Waals surface area contributed by atoms with Crippen molar-refractivity contribution >= 4 is 59.0 Å². The van der Waals surface area contributed by atoms with E-state index in [2.05, 4.69) is 15.0 Å². The molecule has 0 spiro atoms. The van der Waals surface area contributed by atoms with E-state index < -0.39 is 54.2 Å². The summed E-state index contributed by atoms with van der Waals surface area (Å²) in [5.74, 6) is -2.18. The topological polar surface area (TPSA) is 152 Å². The van der Waals surface area contributed by atoms with Crippen LogP contribution in [0.1, 0.15) is 40.0 Å². The van der Waals surface area contributed by atoms with E-state index in [-0.39, 0.29) is 4.64 Å². The Hall–Kier alpha value is -3.00. The fourth-order valence-corrected chi connectivity index (χ4v) is 4.47. The molecule has 12 nitrogen and oxygen atoms in total. The number of carbonyl (C=O) groups excluding carboxylic acids is 4. The Morgan fingerprint density at radius 3 is 2.18 bits per heavy atom. The maximum absolute atomic E-state index is 12.1. The molecule has 0 fully saturated rings. The molecular weight excluding hydrogens is 488 g/mol. The minimum Gasteiger partial charge on any atom is -0.462 e. The number of hydrogen-bond acceptors (Lipinski definition) is 12. The van der Waals surface area contributed by atoms with Crippen molar-refractivity contribution in [3.05, 3.63) is 17.3 Å². The average Bonchev–Trinajstić information content (AvgIpc) is 3.16. The van der Waals surface area contributed by atoms with Gasteiger partial charge in [0.05, 0.1) is 12.7 Å². The largest absolute Gasteiger partial charge is 0.462 e. The number of carbonyl (C=O) groups is 4. The van der Waals surface area contributed by atoms with Gasteiger partial charge in [-0.2, -0.15) is 0 Å². The van der Waals surface area contributed by atoms with Gasteiger partial charge in [-0.3, -0.25) is 19.2 Å². The molecule has 0 unspecified atom stereocenters. The zero-order valence-electron chi connectivity index (χ0n) is 19.3. The Bertz CT molecular complexity index is 1100. The number of nitrogens with one attached hydrogen (secondary N) is 1. The Kier molecular flexibility index (Phi) is 9.98. The molecule has 2 heterocycles. The molecule has 0 bridgehead atoms. The number of H-pyrrole nitrogens is 1. The maximum atomic E-state index is 12.1. The van der Waals surface area contributed by atoms with Gasteiger partial charge in [0, 0.05) is 27.7 Å². The lowest BCUT2D eigenvalue weighted by Crippen LogP contribution is -2.50. The number of ether oxygens (including phenoxy) is 4. The van der Waals surface area contributed by atoms with Crippen LogP contribution in [-0.2, 0) is 38.1 Å². The molecule has 2 aromatic heterocycles. The predicted molar refractivity (Wildman–Crippen MR) is 123 cm³/mol. The van der Waals surface area contributed by atoms with Gasteiger partial charge in [-0.15, -0.1) is 11.8 Å². The number of esters is 4. The molecule has 34 heavy (non-hydrogen) atoms. The molecule has 186 valence electrons. The summed E-state index contributed by atoms with van der Waals surface area (Å²) in [4.78, 5) is 58.7. The standard InChI is InChI=1S/C20H26N4O8S2/c1-6-34-20(24-9-23-15-18(24)21-8-22-19(15)33)17(32-13(5)28)16(31-12(4)27)14(30-11(3)26)7-29-10(2)25/h8-9,14,16-17,20H,6-7H2,1-5H3,(H,21,22,33)/t14-,16-,17+,20+/m1/s1. The number of thioether (sulfide) groups is 1. The normalized spacial score (nSPS) is 14.5. The van der Waals surface area contributed by atoms with Gasteiger partial charge in [-0.1, -0.05) is 19.1 Å². The zero-order chi connectivity index (χ0) is 25.4. The van der Waals surface area contributed by atoms with Crippen LogP contribution in [0.5, 0.6) is 0 Å². The fourth-order valence-electron chi connectivity index (χ4n) is 3.20. The molecule has 4 atom stereocenters. The minimum atomic E-state index is -1.32. The minimum absolute atomic E-state index is 0.265. The second-order valence-electron chi connectivity index (χ2n) is 7.00. The van der Waals surface area contributed by atoms with Crippen molar-refractivity contribution < 1.29 is 38.1 Å². The van der Waals surface area contributed by atoms with Crippen molar-refractivity contribution in [2.24, 2.45) is 0 Å². The van der Waals surface area contributed by atoms with Crippen LogP contribution in [0.3, 0.4) is 0 Å². The number of fused-ring (bicyclic) bond motifs is 1. The van der Waals surface area contributed by atoms with Gasteiger partial charge >= 0.3 is 23.9 Å². The van der Waals surface area contributed by atoms with E-state index in [1.807, 2.05) is 6.92 Å². The third-order valence-corrected chi connectivity index (χ3v) is 5.80. The van der Waals surface area contributed by atoms with Crippen molar-refractivity contribution in [3.63, 3.8) is 0 Å². The predicted octanol–water partition coefficient (Wildman–Crippen LogP) is 2.10. The molecule has 0 radical (unpaired) electrons. The molecule has 1 N–H and O–H groups in total. The fraction of sp³-hybridized carbons (Fsp3) is 0.550. The highest BCUT2D eigenvalue weighted by atomic mass is 32.2. The van der Waals surface area contributed by atoms with E-state index in [1.165, 1.54) is 38.3 Å². The first kappa shape index (κ1) is 27.2. The van der Waals surface area contributed by atoms with Crippen molar-refractivity contribution in [1.82, 2.24) is 19.5 Å². The number of nitrogens with zero attached hydrogens (tertiary/aromatic N) is 3. The number of hydrogen-bond donors (Lipinski definition) is 1. The summed E-state index contributed by atoms with van der Waals surface area (Å²) >= 11 is 6.59. The summed E-state index contributed by atoms with van der Waals surface area (Å²) in [6.45, 7) is 6.15. The Morgan fingerprint density at radius 1 is 1.00 bits per heavy atom. The highest BCUT2D eigenvalue weighted by Gasteiger charge is 2.43. The molecular formula is C20H26N4O8S2. The monoisotopic (exact) mass is 514 g/mol. The van der Waals surface area contributed by atoms with Crippen LogP contribution in [0, 0.1) is 4.64 Å². The van der Waals surface area contributed by atoms with Crippen LogP contribution >= 0.6 is 24.0 Å². The lowest BCUT2D eigenvalue weighted by Gasteiger charge is -2.36. The second kappa shape index (κ2) is 12.5. The van der Waals surface area contributed by atoms with Gasteiger partial charge in [-0.25, -0.2) is 9.97 Å². The molecule has 14 heteroatoms. The molecule has 0 aromatic carbocycles. The van der Waals surface area contributed by atoms with Gasteiger partial charge < -0.3 is 28.5 Å². The summed E-state index contributed by atoms with van der Waals surface area (Å²) in [6, 6.07) is 0. The van der Waals surface area contributed by atoms with E-state index in [4.69, 9.17) is 31.2 Å². The van der Waals surface area contributed by atoms with Crippen molar-refractivity contribution in [3.8, 4) is 0 Å².